The number of nitro benzene ring substituents is 4. The summed E-state index contributed by atoms with van der Waals surface area (Å²) in [6.45, 7) is 7.70. The zero-order valence-electron chi connectivity index (χ0n) is 47.3. The van der Waals surface area contributed by atoms with E-state index < -0.39 is 36.9 Å². The topological polar surface area (TPSA) is 478 Å². The van der Waals surface area contributed by atoms with E-state index in [2.05, 4.69) is 66.4 Å². The maximum atomic E-state index is 12.6. The summed E-state index contributed by atoms with van der Waals surface area (Å²) in [7, 11) is 8.80. The summed E-state index contributed by atoms with van der Waals surface area (Å²) < 4.78 is 21.0. The van der Waals surface area contributed by atoms with Crippen molar-refractivity contribution in [2.24, 2.45) is 19.8 Å². The molecule has 7 rings (SSSR count). The Labute approximate surface area is 612 Å². The Morgan fingerprint density at radius 2 is 1.07 bits per heavy atom. The van der Waals surface area contributed by atoms with Crippen LogP contribution in [0.3, 0.4) is 0 Å². The molecule has 0 bridgehead atoms. The second-order valence-electron chi connectivity index (χ2n) is 13.9. The van der Waals surface area contributed by atoms with E-state index >= 15 is 0 Å². The number of carboxylic acid groups (broad SMARTS) is 1. The van der Waals surface area contributed by atoms with Crippen LogP contribution in [0.2, 0.25) is 0 Å². The zero-order valence-corrected chi connectivity index (χ0v) is 58.9. The number of aldehydes is 1. The SMILES string of the molecule is C.C.C.C.CC=O.CCNc1ccc2c(c1)ncn2C.CCOC(C)=O.CN.CNc1ccc(N)cc1N.CNc1ccc([N+](=O)[O-])cc1[N+](=O)[O-].Cn1cnc2cc(N)ccc21.O=CO.O=CO[O-].O=[N+]([O-])c1ccc(F)c([N+](=O)[O-])c1.[Cs+].[Cs+].[H-]. The van der Waals surface area contributed by atoms with E-state index in [0.717, 1.165) is 58.6 Å². The number of nitrogens with zero attached hydrogens (tertiary/aromatic N) is 8. The van der Waals surface area contributed by atoms with Crippen molar-refractivity contribution in [2.75, 3.05) is 67.4 Å². The molecule has 0 fully saturated rings. The Balaban J connectivity index is -0.0000000964. The maximum Gasteiger partial charge on any atom is 1.00 e. The van der Waals surface area contributed by atoms with Crippen LogP contribution in [0.25, 0.3) is 22.1 Å². The van der Waals surface area contributed by atoms with Gasteiger partial charge in [0.25, 0.3) is 30.0 Å². The van der Waals surface area contributed by atoms with Crippen LogP contribution >= 0.6 is 0 Å². The van der Waals surface area contributed by atoms with Gasteiger partial charge in [-0.25, -0.2) is 9.97 Å². The van der Waals surface area contributed by atoms with Crippen molar-refractivity contribution in [1.82, 2.24) is 19.1 Å². The molecule has 0 unspecified atom stereocenters. The number of hydrogen-bond donors (Lipinski definition) is 8. The standard InChI is InChI=1S/C10H13N3.C8H9N3.C7H7N3O4.C7H11N3.C6H3FN2O4.C4H8O2.C2H4O.CH5N.CH2O3.CH2O2.4CH4.2Cs.H/c1-3-11-8-4-5-10-9(6-8)12-7-13(10)2;1-11-5-10-7-4-6(9)2-3-8(7)11;1-8-6-3-2-5(9(11)12)4-7(6)10(13)14;1-10-7-3-2-5(8)4-6(7)9;7-5-2-1-4(8(10)11)3-6(5)9(12)13;1-3-6-4(2)5;1-2-3;1-2;2-1-4-3;2-1-3;;;;;;;/h4-7,11H,3H2,1-2H3;2-5H,9H2,1H3;2-4,8H,1H3;2-4,10H,8-9H2,1H3;1-3H;3H2,1-2H3;2H,1H3;2H2,1H3;1,3H;1H,(H,2,3);4*1H4;;;/q;;;;;;;;;;;;;;2*+1;-1/p-1. The van der Waals surface area contributed by atoms with Crippen molar-refractivity contribution in [3.8, 4) is 0 Å². The molecule has 0 saturated heterocycles. The number of aryl methyl sites for hydroxylation is 2. The number of nitrogens with one attached hydrogen (secondary N) is 3. The molecule has 0 aliphatic carbocycles. The molecule has 2 aromatic heterocycles. The van der Waals surface area contributed by atoms with Crippen molar-refractivity contribution < 1.29 is 202 Å². The van der Waals surface area contributed by atoms with Gasteiger partial charge in [-0.3, -0.25) is 54.8 Å². The van der Waals surface area contributed by atoms with Crippen LogP contribution in [0.5, 0.6) is 0 Å². The molecule has 5 aromatic carbocycles. The van der Waals surface area contributed by atoms with Gasteiger partial charge in [-0.1, -0.05) is 29.7 Å². The number of ether oxygens (including phenoxy) is 1. The van der Waals surface area contributed by atoms with Crippen molar-refractivity contribution in [2.45, 2.75) is 57.4 Å². The number of benzene rings is 5. The molecule has 85 heavy (non-hydrogen) atoms. The van der Waals surface area contributed by atoms with E-state index in [9.17, 15) is 49.6 Å². The number of halogens is 1. The monoisotopic (exact) mass is 1440 g/mol. The van der Waals surface area contributed by atoms with Gasteiger partial charge < -0.3 is 74.2 Å². The Bertz CT molecular complexity index is 3010. The van der Waals surface area contributed by atoms with Gasteiger partial charge in [-0.15, -0.1) is 0 Å². The summed E-state index contributed by atoms with van der Waals surface area (Å²) >= 11 is 0. The summed E-state index contributed by atoms with van der Waals surface area (Å²) in [5.41, 5.74) is 27.8. The molecule has 34 heteroatoms. The molecule has 464 valence electrons. The molecule has 12 N–H and O–H groups in total. The summed E-state index contributed by atoms with van der Waals surface area (Å²) in [6, 6.07) is 22.9. The number of fused-ring (bicyclic) bond motifs is 2. The number of nitro groups is 4. The van der Waals surface area contributed by atoms with E-state index in [-0.39, 0.29) is 205 Å². The first-order valence-electron chi connectivity index (χ1n) is 22.2. The number of nitrogens with two attached hydrogens (primary N) is 4. The minimum absolute atomic E-state index is 0. The van der Waals surface area contributed by atoms with Crippen LogP contribution < -0.4 is 182 Å². The van der Waals surface area contributed by atoms with Crippen molar-refractivity contribution in [1.29, 1.82) is 0 Å². The van der Waals surface area contributed by atoms with Gasteiger partial charge in [0, 0.05) is 70.9 Å². The second kappa shape index (κ2) is 57.9. The molecule has 0 amide bonds. The number of aromatic nitrogens is 4. The van der Waals surface area contributed by atoms with Gasteiger partial charge in [0.1, 0.15) is 12.0 Å². The first-order chi connectivity index (χ1) is 37.4. The van der Waals surface area contributed by atoms with Gasteiger partial charge in [0.05, 0.1) is 84.5 Å². The van der Waals surface area contributed by atoms with Crippen LogP contribution in [0.1, 0.15) is 58.8 Å². The number of carbonyl (C=O) groups excluding carboxylic acids is 3. The summed E-state index contributed by atoms with van der Waals surface area (Å²) in [6.07, 6.45) is 4.37. The molecular formula is C51H80Cs2FN15O16. The normalized spacial score (nSPS) is 8.28. The summed E-state index contributed by atoms with van der Waals surface area (Å²) in [5, 5.41) is 65.2. The molecule has 0 aliphatic heterocycles. The molecule has 0 spiro atoms. The zero-order chi connectivity index (χ0) is 61.2. The van der Waals surface area contributed by atoms with E-state index in [1.807, 2.05) is 66.9 Å². The largest absolute Gasteiger partial charge is 1.00 e. The molecule has 31 nitrogen and oxygen atoms in total. The van der Waals surface area contributed by atoms with Crippen molar-refractivity contribution in [3.63, 3.8) is 0 Å². The van der Waals surface area contributed by atoms with Gasteiger partial charge >= 0.3 is 149 Å². The van der Waals surface area contributed by atoms with Gasteiger partial charge in [0.2, 0.25) is 5.82 Å². The minimum atomic E-state index is -1.09. The third kappa shape index (κ3) is 41.2. The van der Waals surface area contributed by atoms with E-state index in [0.29, 0.717) is 30.1 Å². The fraction of sp³-hybridized carbons (Fsp3) is 0.294. The van der Waals surface area contributed by atoms with Crippen LogP contribution in [-0.2, 0) is 42.9 Å². The van der Waals surface area contributed by atoms with Crippen LogP contribution in [0.15, 0.2) is 104 Å². The predicted octanol–water partition coefficient (Wildman–Crippen LogP) is 2.39. The quantitative estimate of drug-likeness (QED) is 0.0243. The predicted molar refractivity (Wildman–Crippen MR) is 322 cm³/mol. The Morgan fingerprint density at radius 1 is 0.682 bits per heavy atom. The fourth-order valence-corrected chi connectivity index (χ4v) is 5.37. The van der Waals surface area contributed by atoms with Crippen LogP contribution in [0, 0.1) is 46.3 Å². The smallest absolute Gasteiger partial charge is 1.00 e. The molecule has 0 aliphatic rings. The Kier molecular flexibility index (Phi) is 66.5. The number of esters is 1. The summed E-state index contributed by atoms with van der Waals surface area (Å²) in [4.78, 5) is 84.6. The maximum absolute atomic E-state index is 12.6. The van der Waals surface area contributed by atoms with Gasteiger partial charge in [-0.2, -0.15) is 4.39 Å². The van der Waals surface area contributed by atoms with Crippen molar-refractivity contribution >= 4 is 104 Å². The Hall–Kier alpha value is -6.53. The van der Waals surface area contributed by atoms with Gasteiger partial charge in [0.15, 0.2) is 0 Å². The first-order valence-corrected chi connectivity index (χ1v) is 22.2. The third-order valence-corrected chi connectivity index (χ3v) is 8.58. The molecule has 0 atom stereocenters. The van der Waals surface area contributed by atoms with Crippen LogP contribution in [0.4, 0.5) is 61.3 Å². The number of rotatable bonds is 10. The van der Waals surface area contributed by atoms with Crippen molar-refractivity contribution in [3.05, 3.63) is 150 Å². The third-order valence-electron chi connectivity index (χ3n) is 8.58. The number of non-ortho nitro benzene ring substituents is 2. The fourth-order valence-electron chi connectivity index (χ4n) is 5.37. The van der Waals surface area contributed by atoms with E-state index in [1.165, 1.54) is 45.6 Å². The number of anilines is 6. The second-order valence-corrected chi connectivity index (χ2v) is 13.9. The summed E-state index contributed by atoms with van der Waals surface area (Å²) in [5.74, 6) is -1.30. The molecule has 7 aromatic rings. The molecule has 0 radical (unpaired) electrons. The van der Waals surface area contributed by atoms with Crippen LogP contribution in [-0.4, -0.2) is 103 Å². The van der Waals surface area contributed by atoms with E-state index in [1.54, 1.807) is 19.3 Å². The Morgan fingerprint density at radius 3 is 1.44 bits per heavy atom. The molecule has 2 heterocycles. The van der Waals surface area contributed by atoms with Gasteiger partial charge in [-0.05, 0) is 94.5 Å². The number of hydrogen-bond acceptors (Lipinski definition) is 24. The first kappa shape index (κ1) is 97.6. The number of carbonyl (C=O) groups is 4. The average Bonchev–Trinajstić information content (AvgIpc) is 4.09. The molecular weight excluding hydrogens is 1360 g/mol. The average molecular weight is 1440 g/mol. The van der Waals surface area contributed by atoms with E-state index in [4.69, 9.17) is 41.9 Å². The number of imidazole rings is 2. The molecule has 0 saturated carbocycles. The minimum Gasteiger partial charge on any atom is -1.00 e. The number of nitrogen functional groups attached to an aromatic ring is 3.